The Morgan fingerprint density at radius 2 is 1.81 bits per heavy atom. The molecular formula is C14H9BrCl2N2O2. The van der Waals surface area contributed by atoms with Crippen molar-refractivity contribution in [3.05, 3.63) is 68.1 Å². The lowest BCUT2D eigenvalue weighted by Crippen LogP contribution is -2.15. The molecule has 0 spiro atoms. The normalized spacial score (nSPS) is 11.3. The second-order valence-corrected chi connectivity index (χ2v) is 5.75. The van der Waals surface area contributed by atoms with Crippen molar-refractivity contribution in [2.24, 2.45) is 10.9 Å². The molecule has 0 bridgehead atoms. The number of benzene rings is 2. The Hall–Kier alpha value is -1.56. The summed E-state index contributed by atoms with van der Waals surface area (Å²) in [4.78, 5) is 16.6. The van der Waals surface area contributed by atoms with Gasteiger partial charge in [0.05, 0.1) is 10.6 Å². The zero-order valence-corrected chi connectivity index (χ0v) is 13.6. The number of amidine groups is 1. The topological polar surface area (TPSA) is 64.7 Å². The molecule has 0 aliphatic carbocycles. The second kappa shape index (κ2) is 6.93. The van der Waals surface area contributed by atoms with Crippen molar-refractivity contribution in [1.82, 2.24) is 0 Å². The molecule has 0 saturated carbocycles. The Morgan fingerprint density at radius 3 is 2.43 bits per heavy atom. The number of hydrogen-bond acceptors (Lipinski definition) is 3. The van der Waals surface area contributed by atoms with Crippen molar-refractivity contribution in [1.29, 1.82) is 0 Å². The van der Waals surface area contributed by atoms with E-state index in [1.165, 1.54) is 18.2 Å². The molecular weight excluding hydrogens is 379 g/mol. The van der Waals surface area contributed by atoms with Crippen LogP contribution in [-0.2, 0) is 4.84 Å². The molecule has 0 aromatic heterocycles. The third-order valence-electron chi connectivity index (χ3n) is 2.52. The highest BCUT2D eigenvalue weighted by molar-refractivity contribution is 9.10. The molecule has 21 heavy (non-hydrogen) atoms. The Bertz CT molecular complexity index is 703. The van der Waals surface area contributed by atoms with Crippen LogP contribution in [0.3, 0.4) is 0 Å². The molecule has 108 valence electrons. The van der Waals surface area contributed by atoms with Gasteiger partial charge < -0.3 is 10.6 Å². The van der Waals surface area contributed by atoms with E-state index in [4.69, 9.17) is 33.8 Å². The first-order chi connectivity index (χ1) is 9.97. The maximum absolute atomic E-state index is 11.8. The second-order valence-electron chi connectivity index (χ2n) is 3.99. The van der Waals surface area contributed by atoms with Gasteiger partial charge in [-0.3, -0.25) is 0 Å². The van der Waals surface area contributed by atoms with E-state index in [0.717, 1.165) is 4.47 Å². The standard InChI is InChI=1S/C14H9BrCl2N2O2/c15-9-3-1-8(2-4-9)13(18)19-21-14(20)11-6-5-10(16)7-12(11)17/h1-7H,(H2,18,19). The van der Waals surface area contributed by atoms with Gasteiger partial charge in [-0.15, -0.1) is 0 Å². The fourth-order valence-electron chi connectivity index (χ4n) is 1.47. The maximum atomic E-state index is 11.8. The van der Waals surface area contributed by atoms with Gasteiger partial charge in [-0.2, -0.15) is 0 Å². The molecule has 0 heterocycles. The molecule has 0 unspecified atom stereocenters. The summed E-state index contributed by atoms with van der Waals surface area (Å²) in [6, 6.07) is 11.5. The minimum atomic E-state index is -0.711. The van der Waals surface area contributed by atoms with Gasteiger partial charge in [0.1, 0.15) is 0 Å². The number of nitrogens with zero attached hydrogens (tertiary/aromatic N) is 1. The van der Waals surface area contributed by atoms with Crippen LogP contribution in [0.25, 0.3) is 0 Å². The van der Waals surface area contributed by atoms with Crippen LogP contribution >= 0.6 is 39.1 Å². The van der Waals surface area contributed by atoms with Crippen LogP contribution < -0.4 is 5.73 Å². The highest BCUT2D eigenvalue weighted by atomic mass is 79.9. The SMILES string of the molecule is NC(=NOC(=O)c1ccc(Cl)cc1Cl)c1ccc(Br)cc1. The van der Waals surface area contributed by atoms with E-state index in [0.29, 0.717) is 10.6 Å². The Morgan fingerprint density at radius 1 is 1.14 bits per heavy atom. The third kappa shape index (κ3) is 4.20. The lowest BCUT2D eigenvalue weighted by Gasteiger charge is -2.03. The minimum absolute atomic E-state index is 0.0842. The van der Waals surface area contributed by atoms with Gasteiger partial charge in [0.25, 0.3) is 0 Å². The van der Waals surface area contributed by atoms with Crippen molar-refractivity contribution >= 4 is 50.9 Å². The van der Waals surface area contributed by atoms with Gasteiger partial charge in [-0.25, -0.2) is 4.79 Å². The van der Waals surface area contributed by atoms with E-state index in [-0.39, 0.29) is 16.4 Å². The largest absolute Gasteiger partial charge is 0.380 e. The van der Waals surface area contributed by atoms with Gasteiger partial charge >= 0.3 is 5.97 Å². The van der Waals surface area contributed by atoms with Crippen LogP contribution in [0.5, 0.6) is 0 Å². The lowest BCUT2D eigenvalue weighted by atomic mass is 10.2. The van der Waals surface area contributed by atoms with Crippen molar-refractivity contribution in [2.75, 3.05) is 0 Å². The van der Waals surface area contributed by atoms with Gasteiger partial charge in [-0.1, -0.05) is 56.4 Å². The predicted octanol–water partition coefficient (Wildman–Crippen LogP) is 4.23. The Balaban J connectivity index is 2.12. The molecule has 0 fully saturated rings. The first kappa shape index (κ1) is 15.8. The first-order valence-corrected chi connectivity index (χ1v) is 7.28. The molecule has 0 aliphatic rings. The number of halogens is 3. The van der Waals surface area contributed by atoms with E-state index >= 15 is 0 Å². The number of nitrogens with two attached hydrogens (primary N) is 1. The zero-order valence-electron chi connectivity index (χ0n) is 10.5. The Kier molecular flexibility index (Phi) is 5.22. The average molecular weight is 388 g/mol. The average Bonchev–Trinajstić information content (AvgIpc) is 2.45. The summed E-state index contributed by atoms with van der Waals surface area (Å²) in [5.74, 6) is -0.627. The molecule has 2 rings (SSSR count). The molecule has 0 radical (unpaired) electrons. The number of hydrogen-bond donors (Lipinski definition) is 1. The zero-order chi connectivity index (χ0) is 15.4. The van der Waals surface area contributed by atoms with Crippen molar-refractivity contribution in [2.45, 2.75) is 0 Å². The van der Waals surface area contributed by atoms with E-state index in [9.17, 15) is 4.79 Å². The third-order valence-corrected chi connectivity index (χ3v) is 3.59. The van der Waals surface area contributed by atoms with Crippen LogP contribution in [0.15, 0.2) is 52.1 Å². The quantitative estimate of drug-likeness (QED) is 0.371. The van der Waals surface area contributed by atoms with Gasteiger partial charge in [0, 0.05) is 15.1 Å². The van der Waals surface area contributed by atoms with Gasteiger partial charge in [0.15, 0.2) is 5.84 Å². The first-order valence-electron chi connectivity index (χ1n) is 5.73. The summed E-state index contributed by atoms with van der Waals surface area (Å²) in [6.07, 6.45) is 0. The molecule has 0 aliphatic heterocycles. The van der Waals surface area contributed by atoms with Gasteiger partial charge in [0.2, 0.25) is 0 Å². The smallest absolute Gasteiger partial charge is 0.367 e. The van der Waals surface area contributed by atoms with E-state index in [1.807, 2.05) is 0 Å². The number of carbonyl (C=O) groups excluding carboxylic acids is 1. The summed E-state index contributed by atoms with van der Waals surface area (Å²) >= 11 is 15.0. The van der Waals surface area contributed by atoms with Crippen LogP contribution in [0, 0.1) is 0 Å². The van der Waals surface area contributed by atoms with Crippen LogP contribution in [-0.4, -0.2) is 11.8 Å². The molecule has 7 heteroatoms. The van der Waals surface area contributed by atoms with Crippen LogP contribution in [0.2, 0.25) is 10.0 Å². The molecule has 2 aromatic carbocycles. The molecule has 4 nitrogen and oxygen atoms in total. The van der Waals surface area contributed by atoms with E-state index in [2.05, 4.69) is 21.1 Å². The highest BCUT2D eigenvalue weighted by Gasteiger charge is 2.13. The summed E-state index contributed by atoms with van der Waals surface area (Å²) in [7, 11) is 0. The summed E-state index contributed by atoms with van der Waals surface area (Å²) in [5.41, 5.74) is 6.53. The summed E-state index contributed by atoms with van der Waals surface area (Å²) in [5, 5.41) is 4.21. The van der Waals surface area contributed by atoms with Crippen LogP contribution in [0.1, 0.15) is 15.9 Å². The molecule has 0 amide bonds. The fraction of sp³-hybridized carbons (Fsp3) is 0. The van der Waals surface area contributed by atoms with E-state index < -0.39 is 5.97 Å². The lowest BCUT2D eigenvalue weighted by molar-refractivity contribution is 0.0516. The summed E-state index contributed by atoms with van der Waals surface area (Å²) < 4.78 is 0.906. The fourth-order valence-corrected chi connectivity index (χ4v) is 2.22. The predicted molar refractivity (Wildman–Crippen MR) is 86.7 cm³/mol. The monoisotopic (exact) mass is 386 g/mol. The minimum Gasteiger partial charge on any atom is -0.380 e. The van der Waals surface area contributed by atoms with Crippen molar-refractivity contribution < 1.29 is 9.63 Å². The summed E-state index contributed by atoms with van der Waals surface area (Å²) in [6.45, 7) is 0. The van der Waals surface area contributed by atoms with E-state index in [1.54, 1.807) is 24.3 Å². The number of carbonyl (C=O) groups is 1. The Labute approximate surface area is 139 Å². The molecule has 2 aromatic rings. The number of rotatable bonds is 3. The van der Waals surface area contributed by atoms with Crippen LogP contribution in [0.4, 0.5) is 0 Å². The highest BCUT2D eigenvalue weighted by Crippen LogP contribution is 2.21. The van der Waals surface area contributed by atoms with Crippen molar-refractivity contribution in [3.63, 3.8) is 0 Å². The van der Waals surface area contributed by atoms with Crippen molar-refractivity contribution in [3.8, 4) is 0 Å². The molecule has 0 saturated heterocycles. The molecule has 0 atom stereocenters. The van der Waals surface area contributed by atoms with Gasteiger partial charge in [-0.05, 0) is 30.3 Å². The maximum Gasteiger partial charge on any atom is 0.367 e. The number of oxime groups is 1. The molecule has 2 N–H and O–H groups in total.